The summed E-state index contributed by atoms with van der Waals surface area (Å²) in [5.41, 5.74) is 0.960. The van der Waals surface area contributed by atoms with Gasteiger partial charge in [0.1, 0.15) is 9.84 Å². The number of benzene rings is 1. The molecule has 2 rings (SSSR count). The van der Waals surface area contributed by atoms with E-state index in [1.54, 1.807) is 0 Å². The molecule has 0 bridgehead atoms. The molecule has 1 atom stereocenters. The maximum absolute atomic E-state index is 12.5. The van der Waals surface area contributed by atoms with E-state index in [4.69, 9.17) is 0 Å². The van der Waals surface area contributed by atoms with E-state index in [-0.39, 0.29) is 17.1 Å². The maximum atomic E-state index is 12.5. The molecule has 0 aliphatic heterocycles. The van der Waals surface area contributed by atoms with Crippen LogP contribution in [-0.4, -0.2) is 32.9 Å². The van der Waals surface area contributed by atoms with Crippen LogP contribution < -0.4 is 5.32 Å². The molecule has 4 nitrogen and oxygen atoms in total. The summed E-state index contributed by atoms with van der Waals surface area (Å²) in [6.45, 7) is 4.98. The highest BCUT2D eigenvalue weighted by atomic mass is 32.2. The average molecular weight is 323 g/mol. The van der Waals surface area contributed by atoms with Gasteiger partial charge in [0, 0.05) is 12.8 Å². The molecule has 0 radical (unpaired) electrons. The first-order valence-corrected chi connectivity index (χ1v) is 9.80. The predicted molar refractivity (Wildman–Crippen MR) is 88.4 cm³/mol. The third-order valence-corrected chi connectivity index (χ3v) is 5.66. The molecule has 1 unspecified atom stereocenters. The molecule has 0 spiro atoms. The Labute approximate surface area is 133 Å². The van der Waals surface area contributed by atoms with Gasteiger partial charge in [0.2, 0.25) is 5.91 Å². The van der Waals surface area contributed by atoms with Gasteiger partial charge in [0.15, 0.2) is 0 Å². The molecule has 1 amide bonds. The van der Waals surface area contributed by atoms with Crippen molar-refractivity contribution in [3.8, 4) is 0 Å². The first-order chi connectivity index (χ1) is 10.2. The van der Waals surface area contributed by atoms with Crippen molar-refractivity contribution < 1.29 is 13.2 Å². The van der Waals surface area contributed by atoms with E-state index in [2.05, 4.69) is 19.2 Å². The second-order valence-electron chi connectivity index (χ2n) is 6.79. The average Bonchev–Trinajstić information content (AvgIpc) is 3.23. The number of carbonyl (C=O) groups is 1. The number of nitrogens with one attached hydrogen (secondary N) is 1. The normalized spacial score (nSPS) is 18.0. The Morgan fingerprint density at radius 2 is 1.82 bits per heavy atom. The fourth-order valence-corrected chi connectivity index (χ4v) is 3.77. The molecule has 1 aromatic carbocycles. The lowest BCUT2D eigenvalue weighted by Crippen LogP contribution is -2.37. The zero-order chi connectivity index (χ0) is 16.4. The lowest BCUT2D eigenvalue weighted by molar-refractivity contribution is -0.122. The minimum atomic E-state index is -3.23. The highest BCUT2D eigenvalue weighted by Crippen LogP contribution is 2.51. The minimum Gasteiger partial charge on any atom is -0.355 e. The van der Waals surface area contributed by atoms with Gasteiger partial charge in [-0.05, 0) is 29.7 Å². The van der Waals surface area contributed by atoms with Crippen molar-refractivity contribution >= 4 is 15.7 Å². The van der Waals surface area contributed by atoms with Crippen LogP contribution in [-0.2, 0) is 14.6 Å². The van der Waals surface area contributed by atoms with Crippen molar-refractivity contribution in [2.45, 2.75) is 32.6 Å². The molecule has 122 valence electrons. The Kier molecular flexibility index (Phi) is 4.95. The molecular formula is C17H25NO3S. The van der Waals surface area contributed by atoms with Crippen LogP contribution in [0, 0.1) is 11.3 Å². The van der Waals surface area contributed by atoms with Crippen molar-refractivity contribution in [2.75, 3.05) is 18.6 Å². The monoisotopic (exact) mass is 323 g/mol. The third kappa shape index (κ3) is 4.32. The molecule has 0 aromatic heterocycles. The largest absolute Gasteiger partial charge is 0.355 e. The van der Waals surface area contributed by atoms with Crippen LogP contribution >= 0.6 is 0 Å². The smallest absolute Gasteiger partial charge is 0.228 e. The lowest BCUT2D eigenvalue weighted by Gasteiger charge is -2.22. The minimum absolute atomic E-state index is 0.155. The number of hydrogen-bond acceptors (Lipinski definition) is 3. The number of rotatable bonds is 7. The fourth-order valence-electron chi connectivity index (χ4n) is 2.82. The zero-order valence-corrected chi connectivity index (χ0v) is 14.3. The van der Waals surface area contributed by atoms with Gasteiger partial charge in [0.05, 0.1) is 11.7 Å². The topological polar surface area (TPSA) is 63.2 Å². The van der Waals surface area contributed by atoms with E-state index in [0.717, 1.165) is 18.4 Å². The molecule has 1 aromatic rings. The lowest BCUT2D eigenvalue weighted by atomic mass is 9.92. The van der Waals surface area contributed by atoms with E-state index >= 15 is 0 Å². The Bertz CT molecular complexity index is 619. The van der Waals surface area contributed by atoms with E-state index in [9.17, 15) is 13.2 Å². The predicted octanol–water partition coefficient (Wildman–Crippen LogP) is 2.37. The first-order valence-electron chi connectivity index (χ1n) is 7.74. The quantitative estimate of drug-likeness (QED) is 0.838. The summed E-state index contributed by atoms with van der Waals surface area (Å²) < 4.78 is 23.3. The fraction of sp³-hybridized carbons (Fsp3) is 0.588. The van der Waals surface area contributed by atoms with Crippen molar-refractivity contribution in [1.29, 1.82) is 0 Å². The summed E-state index contributed by atoms with van der Waals surface area (Å²) in [6, 6.07) is 9.13. The van der Waals surface area contributed by atoms with E-state index in [0.29, 0.717) is 12.5 Å². The SMILES string of the molecule is CC(C)C1(CNC(=O)C(CS(C)(=O)=O)c2ccccc2)CC1. The highest BCUT2D eigenvalue weighted by Gasteiger charge is 2.45. The number of amides is 1. The Morgan fingerprint density at radius 3 is 2.27 bits per heavy atom. The van der Waals surface area contributed by atoms with Gasteiger partial charge in [-0.3, -0.25) is 4.79 Å². The third-order valence-electron chi connectivity index (χ3n) is 4.72. The van der Waals surface area contributed by atoms with Gasteiger partial charge < -0.3 is 5.32 Å². The van der Waals surface area contributed by atoms with Crippen molar-refractivity contribution in [3.05, 3.63) is 35.9 Å². The van der Waals surface area contributed by atoms with Gasteiger partial charge in [0.25, 0.3) is 0 Å². The van der Waals surface area contributed by atoms with Crippen LogP contribution in [0.2, 0.25) is 0 Å². The molecule has 1 aliphatic carbocycles. The maximum Gasteiger partial charge on any atom is 0.228 e. The van der Waals surface area contributed by atoms with Crippen LogP contribution in [0.4, 0.5) is 0 Å². The Hall–Kier alpha value is -1.36. The van der Waals surface area contributed by atoms with E-state index in [1.165, 1.54) is 6.26 Å². The van der Waals surface area contributed by atoms with Gasteiger partial charge in [-0.15, -0.1) is 0 Å². The van der Waals surface area contributed by atoms with Gasteiger partial charge in [-0.1, -0.05) is 44.2 Å². The molecule has 1 aliphatic rings. The molecule has 0 saturated heterocycles. The van der Waals surface area contributed by atoms with Crippen molar-refractivity contribution in [2.24, 2.45) is 11.3 Å². The number of sulfone groups is 1. The molecule has 1 N–H and O–H groups in total. The number of hydrogen-bond donors (Lipinski definition) is 1. The van der Waals surface area contributed by atoms with E-state index < -0.39 is 15.8 Å². The Balaban J connectivity index is 2.10. The first kappa shape index (κ1) is 17.0. The number of carbonyl (C=O) groups excluding carboxylic acids is 1. The standard InChI is InChI=1S/C17H25NO3S/c1-13(2)17(9-10-17)12-18-16(19)15(11-22(3,20)21)14-7-5-4-6-8-14/h4-8,13,15H,9-12H2,1-3H3,(H,18,19). The summed E-state index contributed by atoms with van der Waals surface area (Å²) in [5, 5.41) is 2.98. The summed E-state index contributed by atoms with van der Waals surface area (Å²) in [4.78, 5) is 12.5. The van der Waals surface area contributed by atoms with Crippen LogP contribution in [0.1, 0.15) is 38.2 Å². The molecular weight excluding hydrogens is 298 g/mol. The summed E-state index contributed by atoms with van der Waals surface area (Å²) in [6.07, 6.45) is 3.44. The second kappa shape index (κ2) is 6.41. The van der Waals surface area contributed by atoms with Crippen LogP contribution in [0.5, 0.6) is 0 Å². The van der Waals surface area contributed by atoms with Crippen LogP contribution in [0.3, 0.4) is 0 Å². The van der Waals surface area contributed by atoms with Crippen LogP contribution in [0.25, 0.3) is 0 Å². The second-order valence-corrected chi connectivity index (χ2v) is 8.98. The highest BCUT2D eigenvalue weighted by molar-refractivity contribution is 7.90. The molecule has 5 heteroatoms. The Morgan fingerprint density at radius 1 is 1.23 bits per heavy atom. The summed E-state index contributed by atoms with van der Waals surface area (Å²) in [5.74, 6) is -0.460. The van der Waals surface area contributed by atoms with Crippen molar-refractivity contribution in [1.82, 2.24) is 5.32 Å². The van der Waals surface area contributed by atoms with Gasteiger partial charge in [-0.2, -0.15) is 0 Å². The molecule has 0 heterocycles. The van der Waals surface area contributed by atoms with Crippen molar-refractivity contribution in [3.63, 3.8) is 0 Å². The molecule has 1 fully saturated rings. The zero-order valence-electron chi connectivity index (χ0n) is 13.5. The van der Waals surface area contributed by atoms with E-state index in [1.807, 2.05) is 30.3 Å². The van der Waals surface area contributed by atoms with Gasteiger partial charge in [-0.25, -0.2) is 8.42 Å². The molecule has 1 saturated carbocycles. The van der Waals surface area contributed by atoms with Gasteiger partial charge >= 0.3 is 0 Å². The van der Waals surface area contributed by atoms with Crippen LogP contribution in [0.15, 0.2) is 30.3 Å². The summed E-state index contributed by atoms with van der Waals surface area (Å²) >= 11 is 0. The summed E-state index contributed by atoms with van der Waals surface area (Å²) in [7, 11) is -3.23. The molecule has 22 heavy (non-hydrogen) atoms.